The Bertz CT molecular complexity index is 1420. The summed E-state index contributed by atoms with van der Waals surface area (Å²) < 4.78 is 16.2. The maximum atomic E-state index is 13.0. The number of allylic oxidation sites excluding steroid dienone is 2. The molecule has 0 amide bonds. The number of dihydropyridines is 1. The van der Waals surface area contributed by atoms with Gasteiger partial charge in [0.1, 0.15) is 12.4 Å². The van der Waals surface area contributed by atoms with Crippen LogP contribution in [0.4, 0.5) is 4.79 Å². The molecule has 166 valence electrons. The normalized spacial score (nSPS) is 17.5. The number of carbonyl (C=O) groups is 2. The third kappa shape index (κ3) is 3.58. The third-order valence-electron chi connectivity index (χ3n) is 5.67. The summed E-state index contributed by atoms with van der Waals surface area (Å²) in [6.45, 7) is 1.85. The number of hydrogen-bond donors (Lipinski definition) is 1. The van der Waals surface area contributed by atoms with Crippen LogP contribution in [-0.4, -0.2) is 25.8 Å². The van der Waals surface area contributed by atoms with Crippen LogP contribution in [0.2, 0.25) is 0 Å². The fourth-order valence-corrected chi connectivity index (χ4v) is 5.40. The van der Waals surface area contributed by atoms with Crippen LogP contribution in [0.25, 0.3) is 20.5 Å². The van der Waals surface area contributed by atoms with Crippen molar-refractivity contribution >= 4 is 33.5 Å². The molecule has 2 aliphatic rings. The molecule has 0 fully saturated rings. The Labute approximate surface area is 192 Å². The van der Waals surface area contributed by atoms with E-state index in [4.69, 9.17) is 14.2 Å². The SMILES string of the molecule is COC(=O)OC1=C(C)NC2=C(C(=O)OC2)C1c1cccc2c(=O)cc(-c3ccccc3)sc12. The summed E-state index contributed by atoms with van der Waals surface area (Å²) in [5.41, 5.74) is 3.00. The molecule has 1 atom stereocenters. The molecule has 5 rings (SSSR count). The smallest absolute Gasteiger partial charge is 0.456 e. The Balaban J connectivity index is 1.77. The maximum absolute atomic E-state index is 13.0. The van der Waals surface area contributed by atoms with E-state index in [1.54, 1.807) is 25.1 Å². The van der Waals surface area contributed by atoms with Crippen molar-refractivity contribution in [2.75, 3.05) is 13.7 Å². The van der Waals surface area contributed by atoms with Gasteiger partial charge in [0.25, 0.3) is 0 Å². The van der Waals surface area contributed by atoms with Gasteiger partial charge in [-0.05, 0) is 24.1 Å². The molecule has 1 aromatic heterocycles. The molecule has 33 heavy (non-hydrogen) atoms. The van der Waals surface area contributed by atoms with Crippen LogP contribution in [0.15, 0.2) is 82.1 Å². The minimum absolute atomic E-state index is 0.101. The summed E-state index contributed by atoms with van der Waals surface area (Å²) in [5, 5.41) is 3.63. The van der Waals surface area contributed by atoms with E-state index >= 15 is 0 Å². The molecule has 0 saturated heterocycles. The molecular weight excluding hydrogens is 442 g/mol. The van der Waals surface area contributed by atoms with E-state index in [-0.39, 0.29) is 17.8 Å². The van der Waals surface area contributed by atoms with Crippen molar-refractivity contribution in [2.24, 2.45) is 0 Å². The first kappa shape index (κ1) is 21.0. The first-order valence-electron chi connectivity index (χ1n) is 10.2. The summed E-state index contributed by atoms with van der Waals surface area (Å²) in [6, 6.07) is 16.6. The van der Waals surface area contributed by atoms with Crippen LogP contribution in [-0.2, 0) is 19.0 Å². The van der Waals surface area contributed by atoms with Crippen molar-refractivity contribution in [3.8, 4) is 10.4 Å². The standard InChI is InChI=1S/C25H19NO6S/c1-13-22(32-25(29)30-2)20(21-17(26-13)12-31-24(21)28)16-10-6-9-15-18(27)11-19(33-23(15)16)14-7-4-3-5-8-14/h3-11,20,26H,12H2,1-2H3. The Hall–Kier alpha value is -3.91. The molecule has 0 aliphatic carbocycles. The van der Waals surface area contributed by atoms with Crippen LogP contribution in [0.5, 0.6) is 0 Å². The van der Waals surface area contributed by atoms with Gasteiger partial charge in [-0.15, -0.1) is 11.3 Å². The van der Waals surface area contributed by atoms with E-state index in [2.05, 4.69) is 5.32 Å². The molecule has 0 radical (unpaired) electrons. The van der Waals surface area contributed by atoms with Gasteiger partial charge >= 0.3 is 12.1 Å². The van der Waals surface area contributed by atoms with Crippen molar-refractivity contribution in [3.63, 3.8) is 0 Å². The first-order valence-corrected chi connectivity index (χ1v) is 11.1. The van der Waals surface area contributed by atoms with Crippen molar-refractivity contribution in [1.29, 1.82) is 0 Å². The zero-order chi connectivity index (χ0) is 23.1. The van der Waals surface area contributed by atoms with Crippen LogP contribution in [0.3, 0.4) is 0 Å². The Morgan fingerprint density at radius 3 is 2.67 bits per heavy atom. The van der Waals surface area contributed by atoms with Crippen LogP contribution in [0, 0.1) is 0 Å². The molecule has 2 aromatic carbocycles. The second-order valence-electron chi connectivity index (χ2n) is 7.64. The summed E-state index contributed by atoms with van der Waals surface area (Å²) in [7, 11) is 1.22. The highest BCUT2D eigenvalue weighted by atomic mass is 32.1. The lowest BCUT2D eigenvalue weighted by Gasteiger charge is -2.28. The van der Waals surface area contributed by atoms with E-state index in [1.165, 1.54) is 18.4 Å². The Morgan fingerprint density at radius 2 is 1.91 bits per heavy atom. The number of hydrogen-bond acceptors (Lipinski definition) is 8. The quantitative estimate of drug-likeness (QED) is 0.577. The second-order valence-corrected chi connectivity index (χ2v) is 8.69. The zero-order valence-electron chi connectivity index (χ0n) is 17.8. The number of benzene rings is 2. The molecule has 0 saturated carbocycles. The maximum Gasteiger partial charge on any atom is 0.513 e. The topological polar surface area (TPSA) is 90.9 Å². The number of rotatable bonds is 3. The first-order chi connectivity index (χ1) is 16.0. The lowest BCUT2D eigenvalue weighted by atomic mass is 9.85. The number of methoxy groups -OCH3 is 1. The van der Waals surface area contributed by atoms with E-state index in [9.17, 15) is 14.4 Å². The largest absolute Gasteiger partial charge is 0.513 e. The predicted octanol–water partition coefficient (Wildman–Crippen LogP) is 4.44. The number of fused-ring (bicyclic) bond motifs is 1. The highest BCUT2D eigenvalue weighted by Gasteiger charge is 2.41. The average Bonchev–Trinajstić information content (AvgIpc) is 3.19. The predicted molar refractivity (Wildman–Crippen MR) is 124 cm³/mol. The number of nitrogens with one attached hydrogen (secondary N) is 1. The van der Waals surface area contributed by atoms with Gasteiger partial charge in [-0.1, -0.05) is 42.5 Å². The monoisotopic (exact) mass is 461 g/mol. The van der Waals surface area contributed by atoms with Crippen molar-refractivity contribution < 1.29 is 23.8 Å². The second kappa shape index (κ2) is 8.22. The molecule has 0 bridgehead atoms. The van der Waals surface area contributed by atoms with Crippen molar-refractivity contribution in [1.82, 2.24) is 5.32 Å². The number of esters is 1. The van der Waals surface area contributed by atoms with Gasteiger partial charge in [0.05, 0.1) is 30.0 Å². The Kier molecular flexibility index (Phi) is 5.22. The van der Waals surface area contributed by atoms with E-state index in [1.807, 2.05) is 36.4 Å². The minimum atomic E-state index is -0.898. The summed E-state index contributed by atoms with van der Waals surface area (Å²) in [5.74, 6) is -0.998. The average molecular weight is 461 g/mol. The lowest BCUT2D eigenvalue weighted by molar-refractivity contribution is -0.136. The number of cyclic esters (lactones) is 1. The van der Waals surface area contributed by atoms with Gasteiger partial charge in [-0.25, -0.2) is 9.59 Å². The molecule has 1 unspecified atom stereocenters. The highest BCUT2D eigenvalue weighted by Crippen LogP contribution is 2.45. The van der Waals surface area contributed by atoms with E-state index < -0.39 is 18.0 Å². The van der Waals surface area contributed by atoms with Crippen LogP contribution in [0.1, 0.15) is 18.4 Å². The van der Waals surface area contributed by atoms with Gasteiger partial charge in [-0.2, -0.15) is 0 Å². The summed E-state index contributed by atoms with van der Waals surface area (Å²) >= 11 is 1.45. The van der Waals surface area contributed by atoms with Gasteiger partial charge < -0.3 is 19.5 Å². The molecule has 3 aromatic rings. The van der Waals surface area contributed by atoms with Gasteiger partial charge in [-0.3, -0.25) is 4.79 Å². The zero-order valence-corrected chi connectivity index (χ0v) is 18.7. The minimum Gasteiger partial charge on any atom is -0.456 e. The van der Waals surface area contributed by atoms with Crippen LogP contribution >= 0.6 is 11.3 Å². The summed E-state index contributed by atoms with van der Waals surface area (Å²) in [6.07, 6.45) is -0.898. The van der Waals surface area contributed by atoms with Crippen molar-refractivity contribution in [2.45, 2.75) is 12.8 Å². The van der Waals surface area contributed by atoms with Gasteiger partial charge in [0.2, 0.25) is 0 Å². The molecule has 2 aliphatic heterocycles. The molecule has 3 heterocycles. The van der Waals surface area contributed by atoms with E-state index in [0.717, 1.165) is 10.4 Å². The molecule has 8 heteroatoms. The highest BCUT2D eigenvalue weighted by molar-refractivity contribution is 7.21. The molecule has 1 N–H and O–H groups in total. The number of ether oxygens (including phenoxy) is 3. The fraction of sp³-hybridized carbons (Fsp3) is 0.160. The number of carbonyl (C=O) groups excluding carboxylic acids is 2. The molecular formula is C25H19NO6S. The lowest BCUT2D eigenvalue weighted by Crippen LogP contribution is -2.28. The molecule has 7 nitrogen and oxygen atoms in total. The van der Waals surface area contributed by atoms with Gasteiger partial charge in [0.15, 0.2) is 5.43 Å². The van der Waals surface area contributed by atoms with Gasteiger partial charge in [0, 0.05) is 21.0 Å². The summed E-state index contributed by atoms with van der Waals surface area (Å²) in [4.78, 5) is 38.6. The Morgan fingerprint density at radius 1 is 1.12 bits per heavy atom. The fourth-order valence-electron chi connectivity index (χ4n) is 4.18. The van der Waals surface area contributed by atoms with Crippen LogP contribution < -0.4 is 10.7 Å². The van der Waals surface area contributed by atoms with Crippen molar-refractivity contribution in [3.05, 3.63) is 93.1 Å². The van der Waals surface area contributed by atoms with E-state index in [0.29, 0.717) is 32.6 Å². The molecule has 0 spiro atoms. The third-order valence-corrected chi connectivity index (χ3v) is 6.90.